The first-order valence-corrected chi connectivity index (χ1v) is 8.43. The van der Waals surface area contributed by atoms with Crippen molar-refractivity contribution in [1.82, 2.24) is 4.90 Å². The Labute approximate surface area is 146 Å². The van der Waals surface area contributed by atoms with Gasteiger partial charge >= 0.3 is 0 Å². The highest BCUT2D eigenvalue weighted by atomic mass is 19.3. The first kappa shape index (κ1) is 17.4. The van der Waals surface area contributed by atoms with Crippen molar-refractivity contribution in [2.24, 2.45) is 0 Å². The summed E-state index contributed by atoms with van der Waals surface area (Å²) in [6, 6.07) is 11.6. The van der Waals surface area contributed by atoms with Gasteiger partial charge in [-0.25, -0.2) is 8.78 Å². The van der Waals surface area contributed by atoms with Gasteiger partial charge in [-0.1, -0.05) is 19.1 Å². The van der Waals surface area contributed by atoms with Crippen molar-refractivity contribution in [3.8, 4) is 11.5 Å². The van der Waals surface area contributed by atoms with Gasteiger partial charge in [0.1, 0.15) is 11.5 Å². The van der Waals surface area contributed by atoms with Gasteiger partial charge in [0.25, 0.3) is 5.92 Å². The van der Waals surface area contributed by atoms with Gasteiger partial charge in [-0.05, 0) is 42.3 Å². The third-order valence-electron chi connectivity index (χ3n) is 4.47. The number of rotatable bonds is 4. The molecule has 1 aliphatic rings. The first-order chi connectivity index (χ1) is 11.9. The maximum Gasteiger partial charge on any atom is 0.270 e. The van der Waals surface area contributed by atoms with Gasteiger partial charge in [0.15, 0.2) is 0 Å². The van der Waals surface area contributed by atoms with E-state index < -0.39 is 5.92 Å². The molecule has 1 amide bonds. The number of hydrogen-bond acceptors (Lipinski definition) is 2. The molecule has 0 spiro atoms. The molecule has 132 valence electrons. The van der Waals surface area contributed by atoms with E-state index in [-0.39, 0.29) is 11.5 Å². The Morgan fingerprint density at radius 3 is 2.56 bits per heavy atom. The summed E-state index contributed by atoms with van der Waals surface area (Å²) < 4.78 is 32.5. The van der Waals surface area contributed by atoms with Crippen LogP contribution in [-0.2, 0) is 23.7 Å². The molecule has 0 atom stereocenters. The molecule has 0 saturated carbocycles. The lowest BCUT2D eigenvalue weighted by molar-refractivity contribution is -0.131. The highest BCUT2D eigenvalue weighted by Crippen LogP contribution is 2.33. The summed E-state index contributed by atoms with van der Waals surface area (Å²) in [5.74, 6) is -1.47. The maximum absolute atomic E-state index is 13.3. The fourth-order valence-corrected chi connectivity index (χ4v) is 3.05. The summed E-state index contributed by atoms with van der Waals surface area (Å²) in [5, 5.41) is 0. The summed E-state index contributed by atoms with van der Waals surface area (Å²) in [4.78, 5) is 13.8. The van der Waals surface area contributed by atoms with Crippen LogP contribution < -0.4 is 4.74 Å². The first-order valence-electron chi connectivity index (χ1n) is 8.43. The second-order valence-electron chi connectivity index (χ2n) is 6.33. The molecule has 5 heteroatoms. The average Bonchev–Trinajstić information content (AvgIpc) is 2.60. The van der Waals surface area contributed by atoms with Crippen molar-refractivity contribution in [2.75, 3.05) is 6.54 Å². The van der Waals surface area contributed by atoms with Crippen LogP contribution in [0.1, 0.15) is 37.0 Å². The van der Waals surface area contributed by atoms with E-state index >= 15 is 0 Å². The fourth-order valence-electron chi connectivity index (χ4n) is 3.05. The van der Waals surface area contributed by atoms with E-state index in [2.05, 4.69) is 0 Å². The second kappa shape index (κ2) is 6.82. The molecule has 0 aromatic heterocycles. The molecule has 0 bridgehead atoms. The molecule has 0 saturated heterocycles. The predicted molar refractivity (Wildman–Crippen MR) is 91.9 cm³/mol. The molecule has 25 heavy (non-hydrogen) atoms. The Kier molecular flexibility index (Phi) is 4.75. The summed E-state index contributed by atoms with van der Waals surface area (Å²) in [6.07, 6.45) is 1.22. The summed E-state index contributed by atoms with van der Waals surface area (Å²) in [6.45, 7) is 3.99. The zero-order valence-electron chi connectivity index (χ0n) is 14.4. The van der Waals surface area contributed by atoms with E-state index in [1.54, 1.807) is 12.1 Å². The average molecular weight is 345 g/mol. The Morgan fingerprint density at radius 1 is 1.20 bits per heavy atom. The number of carbonyl (C=O) groups excluding carboxylic acids is 1. The van der Waals surface area contributed by atoms with Crippen molar-refractivity contribution in [3.63, 3.8) is 0 Å². The number of ether oxygens (including phenoxy) is 1. The van der Waals surface area contributed by atoms with Gasteiger partial charge in [-0.15, -0.1) is 0 Å². The zero-order valence-corrected chi connectivity index (χ0v) is 14.4. The molecule has 0 radical (unpaired) electrons. The maximum atomic E-state index is 13.3. The predicted octanol–water partition coefficient (Wildman–Crippen LogP) is 4.89. The van der Waals surface area contributed by atoms with E-state index in [1.165, 1.54) is 12.1 Å². The smallest absolute Gasteiger partial charge is 0.270 e. The second-order valence-corrected chi connectivity index (χ2v) is 6.33. The number of fused-ring (bicyclic) bond motifs is 1. The molecule has 3 rings (SSSR count). The number of alkyl halides is 2. The van der Waals surface area contributed by atoms with Gasteiger partial charge in [-0.3, -0.25) is 4.79 Å². The van der Waals surface area contributed by atoms with Crippen molar-refractivity contribution in [3.05, 3.63) is 59.2 Å². The molecular formula is C20H21F2NO2. The topological polar surface area (TPSA) is 29.5 Å². The van der Waals surface area contributed by atoms with Crippen molar-refractivity contribution in [2.45, 2.75) is 39.2 Å². The van der Waals surface area contributed by atoms with Crippen LogP contribution in [0.4, 0.5) is 8.78 Å². The van der Waals surface area contributed by atoms with E-state index in [0.717, 1.165) is 30.2 Å². The molecule has 0 unspecified atom stereocenters. The molecule has 1 aliphatic heterocycles. The van der Waals surface area contributed by atoms with Crippen LogP contribution in [0.5, 0.6) is 11.5 Å². The monoisotopic (exact) mass is 345 g/mol. The van der Waals surface area contributed by atoms with Gasteiger partial charge in [0, 0.05) is 37.6 Å². The van der Waals surface area contributed by atoms with Crippen LogP contribution in [0.2, 0.25) is 0 Å². The van der Waals surface area contributed by atoms with Crippen molar-refractivity contribution >= 4 is 5.91 Å². The minimum atomic E-state index is -2.86. The van der Waals surface area contributed by atoms with Crippen LogP contribution in [0.15, 0.2) is 42.5 Å². The largest absolute Gasteiger partial charge is 0.457 e. The minimum Gasteiger partial charge on any atom is -0.457 e. The lowest BCUT2D eigenvalue weighted by Gasteiger charge is -2.29. The van der Waals surface area contributed by atoms with Crippen LogP contribution in [0, 0.1) is 0 Å². The summed E-state index contributed by atoms with van der Waals surface area (Å²) in [7, 11) is 0. The number of halogens is 2. The van der Waals surface area contributed by atoms with E-state index in [1.807, 2.05) is 30.0 Å². The highest BCUT2D eigenvalue weighted by molar-refractivity contribution is 5.76. The Bertz CT molecular complexity index is 766. The Morgan fingerprint density at radius 2 is 1.92 bits per heavy atom. The molecule has 1 heterocycles. The summed E-state index contributed by atoms with van der Waals surface area (Å²) in [5.41, 5.74) is 2.11. The molecule has 0 fully saturated rings. The van der Waals surface area contributed by atoms with Crippen molar-refractivity contribution in [1.29, 1.82) is 0 Å². The van der Waals surface area contributed by atoms with Crippen LogP contribution in [0.25, 0.3) is 0 Å². The van der Waals surface area contributed by atoms with E-state index in [0.29, 0.717) is 25.3 Å². The third-order valence-corrected chi connectivity index (χ3v) is 4.47. The molecule has 2 aromatic carbocycles. The Balaban J connectivity index is 1.80. The third kappa shape index (κ3) is 3.81. The molecule has 0 N–H and O–H groups in total. The molecule has 2 aromatic rings. The molecular weight excluding hydrogens is 324 g/mol. The van der Waals surface area contributed by atoms with Gasteiger partial charge in [0.2, 0.25) is 5.91 Å². The van der Waals surface area contributed by atoms with Crippen LogP contribution in [-0.4, -0.2) is 17.4 Å². The van der Waals surface area contributed by atoms with Gasteiger partial charge < -0.3 is 9.64 Å². The van der Waals surface area contributed by atoms with Crippen LogP contribution in [0.3, 0.4) is 0 Å². The Hall–Kier alpha value is -2.43. The molecule has 3 nitrogen and oxygen atoms in total. The number of carbonyl (C=O) groups is 1. The standard InChI is InChI=1S/C20H21F2NO2/c1-3-19(24)23-12-11-17-14(13-23)5-4-6-18(17)25-16-9-7-15(8-10-16)20(2,21)22/h4-10H,3,11-13H2,1-2H3. The fraction of sp³-hybridized carbons (Fsp3) is 0.350. The lowest BCUT2D eigenvalue weighted by Crippen LogP contribution is -2.35. The van der Waals surface area contributed by atoms with E-state index in [9.17, 15) is 13.6 Å². The minimum absolute atomic E-state index is 0.0383. The highest BCUT2D eigenvalue weighted by Gasteiger charge is 2.24. The number of nitrogens with zero attached hydrogens (tertiary/aromatic N) is 1. The normalized spacial score (nSPS) is 14.2. The number of hydrogen-bond donors (Lipinski definition) is 0. The molecule has 0 aliphatic carbocycles. The van der Waals surface area contributed by atoms with Gasteiger partial charge in [-0.2, -0.15) is 0 Å². The quantitative estimate of drug-likeness (QED) is 0.790. The summed E-state index contributed by atoms with van der Waals surface area (Å²) >= 11 is 0. The number of amides is 1. The SMILES string of the molecule is CCC(=O)N1CCc2c(cccc2Oc2ccc(C(C)(F)F)cc2)C1. The van der Waals surface area contributed by atoms with Crippen molar-refractivity contribution < 1.29 is 18.3 Å². The zero-order chi connectivity index (χ0) is 18.0. The van der Waals surface area contributed by atoms with E-state index in [4.69, 9.17) is 4.74 Å². The van der Waals surface area contributed by atoms with Gasteiger partial charge in [0.05, 0.1) is 0 Å². The lowest BCUT2D eigenvalue weighted by atomic mass is 9.98. The van der Waals surface area contributed by atoms with Crippen LogP contribution >= 0.6 is 0 Å². The number of benzene rings is 2.